The zero-order valence-corrected chi connectivity index (χ0v) is 25.9. The average molecular weight is 611 g/mol. The lowest BCUT2D eigenvalue weighted by molar-refractivity contribution is -0.172. The fraction of sp³-hybridized carbons (Fsp3) is 0.417. The number of aromatic nitrogens is 1. The molecule has 236 valence electrons. The maximum Gasteiger partial charge on any atom is 0.312 e. The molecule has 0 radical (unpaired) electrons. The van der Waals surface area contributed by atoms with Crippen LogP contribution in [0.1, 0.15) is 62.1 Å². The van der Waals surface area contributed by atoms with Crippen LogP contribution in [0.15, 0.2) is 89.7 Å². The number of carboxylic acid groups (broad SMARTS) is 2. The number of fused-ring (bicyclic) bond motifs is 1. The molecule has 4 aromatic rings. The topological polar surface area (TPSA) is 142 Å². The number of likely N-dealkylation sites (tertiary alicyclic amines) is 1. The summed E-state index contributed by atoms with van der Waals surface area (Å²) in [5, 5.41) is 24.8. The lowest BCUT2D eigenvalue weighted by atomic mass is 9.52. The van der Waals surface area contributed by atoms with Gasteiger partial charge in [0.25, 0.3) is 0 Å². The van der Waals surface area contributed by atoms with Crippen molar-refractivity contribution in [3.63, 3.8) is 0 Å². The molecule has 3 heterocycles. The Morgan fingerprint density at radius 2 is 1.58 bits per heavy atom. The summed E-state index contributed by atoms with van der Waals surface area (Å²) in [4.78, 5) is 33.3. The third-order valence-electron chi connectivity index (χ3n) is 11.0. The van der Waals surface area contributed by atoms with Gasteiger partial charge in [-0.05, 0) is 81.9 Å². The second-order valence-corrected chi connectivity index (χ2v) is 13.0. The van der Waals surface area contributed by atoms with E-state index in [0.717, 1.165) is 25.9 Å². The van der Waals surface area contributed by atoms with Gasteiger partial charge in [-0.1, -0.05) is 72.8 Å². The van der Waals surface area contributed by atoms with Crippen molar-refractivity contribution in [2.75, 3.05) is 19.6 Å². The molecule has 5 atom stereocenters. The Bertz CT molecular complexity index is 1610. The van der Waals surface area contributed by atoms with E-state index in [9.17, 15) is 19.8 Å². The van der Waals surface area contributed by atoms with E-state index in [1.807, 2.05) is 0 Å². The van der Waals surface area contributed by atoms with Crippen LogP contribution in [0.2, 0.25) is 0 Å². The van der Waals surface area contributed by atoms with E-state index < -0.39 is 40.9 Å². The zero-order chi connectivity index (χ0) is 31.8. The van der Waals surface area contributed by atoms with Gasteiger partial charge in [-0.15, -0.1) is 0 Å². The highest BCUT2D eigenvalue weighted by atomic mass is 16.4. The van der Waals surface area contributed by atoms with E-state index in [1.165, 1.54) is 17.5 Å². The second-order valence-electron chi connectivity index (χ2n) is 13.0. The van der Waals surface area contributed by atoms with E-state index >= 15 is 0 Å². The van der Waals surface area contributed by atoms with E-state index in [-0.39, 0.29) is 11.8 Å². The van der Waals surface area contributed by atoms with Gasteiger partial charge in [-0.2, -0.15) is 0 Å². The molecule has 6 rings (SSSR count). The number of para-hydroxylation sites is 1. The van der Waals surface area contributed by atoms with Crippen molar-refractivity contribution in [2.45, 2.75) is 63.1 Å². The van der Waals surface area contributed by atoms with Crippen LogP contribution in [0.4, 0.5) is 0 Å². The summed E-state index contributed by atoms with van der Waals surface area (Å²) in [7, 11) is 0. The third kappa shape index (κ3) is 5.03. The molecule has 0 spiro atoms. The predicted octanol–water partition coefficient (Wildman–Crippen LogP) is 5.21. The van der Waals surface area contributed by atoms with E-state index in [1.54, 1.807) is 32.0 Å². The van der Waals surface area contributed by atoms with E-state index in [4.69, 9.17) is 10.2 Å². The second kappa shape index (κ2) is 12.0. The molecule has 2 saturated heterocycles. The number of aliphatic carboxylic acids is 2. The summed E-state index contributed by atoms with van der Waals surface area (Å²) >= 11 is 0. The summed E-state index contributed by atoms with van der Waals surface area (Å²) in [6.07, 6.45) is 3.08. The van der Waals surface area contributed by atoms with Crippen molar-refractivity contribution in [1.29, 1.82) is 0 Å². The van der Waals surface area contributed by atoms with Gasteiger partial charge in [-0.25, -0.2) is 4.98 Å². The van der Waals surface area contributed by atoms with E-state index in [2.05, 4.69) is 75.9 Å². The molecular weight excluding hydrogens is 568 g/mol. The summed E-state index contributed by atoms with van der Waals surface area (Å²) < 4.78 is 5.54. The third-order valence-corrected chi connectivity index (χ3v) is 11.0. The van der Waals surface area contributed by atoms with Gasteiger partial charge in [0, 0.05) is 17.4 Å². The molecule has 45 heavy (non-hydrogen) atoms. The summed E-state index contributed by atoms with van der Waals surface area (Å²) in [6, 6.07) is 26.1. The SMILES string of the molecule is CC1NC(N)C(C)(C(=O)O)[C@H](c2cccc3ocnc23)C1(CCCN1CCC(c2ccccc2)(c2ccccc2)CC1)C(=O)O. The minimum absolute atomic E-state index is 0.0794. The van der Waals surface area contributed by atoms with Crippen molar-refractivity contribution in [3.8, 4) is 0 Å². The summed E-state index contributed by atoms with van der Waals surface area (Å²) in [5.41, 5.74) is 7.44. The first-order valence-corrected chi connectivity index (χ1v) is 15.8. The Morgan fingerprint density at radius 3 is 2.16 bits per heavy atom. The average Bonchev–Trinajstić information content (AvgIpc) is 3.54. The summed E-state index contributed by atoms with van der Waals surface area (Å²) in [5.74, 6) is -3.16. The van der Waals surface area contributed by atoms with Crippen LogP contribution >= 0.6 is 0 Å². The number of piperidine rings is 2. The number of carbonyl (C=O) groups is 2. The van der Waals surface area contributed by atoms with Gasteiger partial charge in [0.15, 0.2) is 12.0 Å². The first kappa shape index (κ1) is 31.0. The Balaban J connectivity index is 1.28. The smallest absolute Gasteiger partial charge is 0.312 e. The number of oxazole rings is 1. The van der Waals surface area contributed by atoms with Crippen molar-refractivity contribution in [2.24, 2.45) is 16.6 Å². The summed E-state index contributed by atoms with van der Waals surface area (Å²) in [6.45, 7) is 5.81. The van der Waals surface area contributed by atoms with Crippen LogP contribution in [-0.4, -0.2) is 63.9 Å². The monoisotopic (exact) mass is 610 g/mol. The highest BCUT2D eigenvalue weighted by molar-refractivity contribution is 5.87. The highest BCUT2D eigenvalue weighted by Crippen LogP contribution is 2.57. The Morgan fingerprint density at radius 1 is 0.956 bits per heavy atom. The van der Waals surface area contributed by atoms with Gasteiger partial charge < -0.3 is 25.3 Å². The molecular formula is C36H42N4O5. The quantitative estimate of drug-likeness (QED) is 0.201. The maximum absolute atomic E-state index is 13.5. The van der Waals surface area contributed by atoms with E-state index in [0.29, 0.717) is 29.6 Å². The van der Waals surface area contributed by atoms with Gasteiger partial charge in [0.05, 0.1) is 11.6 Å². The fourth-order valence-corrected chi connectivity index (χ4v) is 8.34. The molecule has 4 unspecified atom stereocenters. The van der Waals surface area contributed by atoms with Crippen LogP contribution in [0.5, 0.6) is 0 Å². The molecule has 5 N–H and O–H groups in total. The van der Waals surface area contributed by atoms with Crippen LogP contribution in [0, 0.1) is 10.8 Å². The van der Waals surface area contributed by atoms with Crippen LogP contribution in [0.25, 0.3) is 11.1 Å². The normalized spacial score (nSPS) is 28.6. The largest absolute Gasteiger partial charge is 0.481 e. The molecule has 2 fully saturated rings. The zero-order valence-electron chi connectivity index (χ0n) is 25.9. The van der Waals surface area contributed by atoms with Crippen LogP contribution < -0.4 is 11.1 Å². The predicted molar refractivity (Wildman–Crippen MR) is 172 cm³/mol. The lowest BCUT2D eigenvalue weighted by Crippen LogP contribution is -2.72. The molecule has 3 aromatic carbocycles. The number of carboxylic acids is 2. The molecule has 0 bridgehead atoms. The fourth-order valence-electron chi connectivity index (χ4n) is 8.34. The number of nitrogens with two attached hydrogens (primary N) is 1. The Labute approximate surface area is 263 Å². The minimum Gasteiger partial charge on any atom is -0.481 e. The van der Waals surface area contributed by atoms with Crippen molar-refractivity contribution in [3.05, 3.63) is 102 Å². The van der Waals surface area contributed by atoms with Gasteiger partial charge in [0.2, 0.25) is 0 Å². The molecule has 2 aliphatic heterocycles. The van der Waals surface area contributed by atoms with Crippen LogP contribution in [0.3, 0.4) is 0 Å². The number of benzene rings is 3. The molecule has 0 saturated carbocycles. The van der Waals surface area contributed by atoms with Crippen molar-refractivity contribution >= 4 is 23.0 Å². The standard InChI is InChI=1S/C36H42N4O5/c1-24-36(33(43)44,30(34(2,32(41)42)31(37)39-24)27-15-9-16-28-29(27)38-23-45-28)17-10-20-40-21-18-35(19-22-40,25-11-5-3-6-12-25)26-13-7-4-8-14-26/h3-9,11-16,23-24,30-31,39H,10,17-22,37H2,1-2H3,(H,41,42)(H,43,44)/t24?,30-,31?,34?,36?/m0/s1. The van der Waals surface area contributed by atoms with Gasteiger partial charge in [-0.3, -0.25) is 14.9 Å². The number of hydrogen-bond donors (Lipinski definition) is 4. The number of rotatable bonds is 9. The number of hydrogen-bond acceptors (Lipinski definition) is 7. The molecule has 1 aromatic heterocycles. The molecule has 0 aliphatic carbocycles. The van der Waals surface area contributed by atoms with Crippen LogP contribution in [-0.2, 0) is 15.0 Å². The maximum atomic E-state index is 13.5. The highest BCUT2D eigenvalue weighted by Gasteiger charge is 2.65. The molecule has 9 nitrogen and oxygen atoms in total. The molecule has 0 amide bonds. The number of nitrogens with one attached hydrogen (secondary N) is 1. The molecule has 2 aliphatic rings. The molecule has 9 heteroatoms. The van der Waals surface area contributed by atoms with Crippen molar-refractivity contribution in [1.82, 2.24) is 15.2 Å². The Hall–Kier alpha value is -4.05. The Kier molecular flexibility index (Phi) is 8.28. The number of nitrogens with zero attached hydrogens (tertiary/aromatic N) is 2. The minimum atomic E-state index is -1.63. The van der Waals surface area contributed by atoms with Gasteiger partial charge in [0.1, 0.15) is 10.9 Å². The van der Waals surface area contributed by atoms with Gasteiger partial charge >= 0.3 is 11.9 Å². The first-order valence-electron chi connectivity index (χ1n) is 15.8. The lowest BCUT2D eigenvalue weighted by Gasteiger charge is -2.56. The van der Waals surface area contributed by atoms with Crippen molar-refractivity contribution < 1.29 is 24.2 Å². The first-order chi connectivity index (χ1) is 21.6.